The van der Waals surface area contributed by atoms with Gasteiger partial charge in [0.05, 0.1) is 5.92 Å². The van der Waals surface area contributed by atoms with Crippen LogP contribution in [0.2, 0.25) is 0 Å². The van der Waals surface area contributed by atoms with Gasteiger partial charge in [-0.2, -0.15) is 4.39 Å². The van der Waals surface area contributed by atoms with Gasteiger partial charge in [-0.15, -0.1) is 10.2 Å². The maximum Gasteiger partial charge on any atom is 0.335 e. The van der Waals surface area contributed by atoms with Crippen LogP contribution in [-0.2, 0) is 6.42 Å². The first-order chi connectivity index (χ1) is 5.80. The highest BCUT2D eigenvalue weighted by atomic mass is 19.2. The average Bonchev–Trinajstić information content (AvgIpc) is 2.72. The van der Waals surface area contributed by atoms with Crippen molar-refractivity contribution < 1.29 is 4.39 Å². The fraction of sp³-hybridized carbons (Fsp3) is 0.333. The molecule has 0 spiro atoms. The lowest BCUT2D eigenvalue weighted by Crippen LogP contribution is -2.28. The van der Waals surface area contributed by atoms with Crippen LogP contribution in [0.4, 0.5) is 4.39 Å². The fourth-order valence-electron chi connectivity index (χ4n) is 1.77. The van der Waals surface area contributed by atoms with Crippen LogP contribution in [0.15, 0.2) is 34.5 Å². The average molecular weight is 162 g/mol. The molecule has 1 aliphatic carbocycles. The van der Waals surface area contributed by atoms with E-state index in [1.54, 1.807) is 0 Å². The van der Waals surface area contributed by atoms with Crippen molar-refractivity contribution in [2.75, 3.05) is 0 Å². The molecular formula is C9H7FN2. The zero-order valence-corrected chi connectivity index (χ0v) is 6.37. The Morgan fingerprint density at radius 3 is 2.75 bits per heavy atom. The summed E-state index contributed by atoms with van der Waals surface area (Å²) >= 11 is 0. The van der Waals surface area contributed by atoms with Crippen LogP contribution >= 0.6 is 0 Å². The Hall–Kier alpha value is -1.25. The molecule has 0 radical (unpaired) electrons. The van der Waals surface area contributed by atoms with E-state index in [9.17, 15) is 4.39 Å². The Kier molecular flexibility index (Phi) is 0.908. The summed E-state index contributed by atoms with van der Waals surface area (Å²) in [6.45, 7) is 0. The van der Waals surface area contributed by atoms with Gasteiger partial charge in [0.15, 0.2) is 0 Å². The fourth-order valence-corrected chi connectivity index (χ4v) is 1.77. The Morgan fingerprint density at radius 1 is 1.33 bits per heavy atom. The van der Waals surface area contributed by atoms with E-state index < -0.39 is 5.92 Å². The first kappa shape index (κ1) is 6.29. The van der Waals surface area contributed by atoms with E-state index in [1.165, 1.54) is 5.56 Å². The Labute approximate surface area is 69.1 Å². The van der Waals surface area contributed by atoms with Crippen LogP contribution in [0, 0.1) is 0 Å². The van der Waals surface area contributed by atoms with Gasteiger partial charge < -0.3 is 0 Å². The van der Waals surface area contributed by atoms with Crippen LogP contribution in [0.3, 0.4) is 0 Å². The lowest BCUT2D eigenvalue weighted by molar-refractivity contribution is 0.214. The van der Waals surface area contributed by atoms with Gasteiger partial charge in [0, 0.05) is 0 Å². The summed E-state index contributed by atoms with van der Waals surface area (Å²) in [5, 5.41) is 6.83. The monoisotopic (exact) mass is 162 g/mol. The molecule has 0 aromatic heterocycles. The van der Waals surface area contributed by atoms with Crippen LogP contribution in [0.1, 0.15) is 17.0 Å². The number of halogens is 1. The molecule has 2 aliphatic rings. The van der Waals surface area contributed by atoms with E-state index in [4.69, 9.17) is 0 Å². The second-order valence-electron chi connectivity index (χ2n) is 3.29. The molecule has 1 heterocycles. The molecule has 12 heavy (non-hydrogen) atoms. The van der Waals surface area contributed by atoms with Gasteiger partial charge in [-0.1, -0.05) is 24.3 Å². The van der Waals surface area contributed by atoms with Crippen LogP contribution in [-0.4, -0.2) is 5.92 Å². The van der Waals surface area contributed by atoms with Gasteiger partial charge in [-0.05, 0) is 17.5 Å². The third-order valence-electron chi connectivity index (χ3n) is 2.59. The standard InChI is InChI=1S/C9H7FN2/c10-9(11-12-9)8-5-6-3-1-2-4-7(6)8/h1-4,8H,5H2. The molecule has 0 bridgehead atoms. The molecule has 0 saturated carbocycles. The maximum atomic E-state index is 13.3. The number of hydrogen-bond acceptors (Lipinski definition) is 2. The molecule has 1 atom stereocenters. The summed E-state index contributed by atoms with van der Waals surface area (Å²) in [6.07, 6.45) is 0.777. The van der Waals surface area contributed by atoms with Gasteiger partial charge in [0.25, 0.3) is 0 Å². The largest absolute Gasteiger partial charge is 0.335 e. The SMILES string of the molecule is FC1(C2Cc3ccccc32)N=N1. The zero-order chi connectivity index (χ0) is 8.18. The van der Waals surface area contributed by atoms with E-state index in [0.29, 0.717) is 0 Å². The normalized spacial score (nSPS) is 27.6. The van der Waals surface area contributed by atoms with Gasteiger partial charge >= 0.3 is 5.92 Å². The van der Waals surface area contributed by atoms with E-state index >= 15 is 0 Å². The smallest absolute Gasteiger partial charge is 0.186 e. The van der Waals surface area contributed by atoms with Crippen LogP contribution in [0.25, 0.3) is 0 Å². The topological polar surface area (TPSA) is 24.7 Å². The first-order valence-electron chi connectivity index (χ1n) is 4.00. The van der Waals surface area contributed by atoms with E-state index in [0.717, 1.165) is 12.0 Å². The number of alkyl halides is 1. The van der Waals surface area contributed by atoms with Crippen molar-refractivity contribution in [1.82, 2.24) is 0 Å². The number of rotatable bonds is 1. The van der Waals surface area contributed by atoms with Gasteiger partial charge in [0.1, 0.15) is 0 Å². The van der Waals surface area contributed by atoms with E-state index in [1.807, 2.05) is 24.3 Å². The second kappa shape index (κ2) is 1.73. The number of fused-ring (bicyclic) bond motifs is 1. The molecule has 2 nitrogen and oxygen atoms in total. The van der Waals surface area contributed by atoms with Crippen molar-refractivity contribution >= 4 is 0 Å². The minimum absolute atomic E-state index is 0.103. The minimum atomic E-state index is -1.56. The first-order valence-corrected chi connectivity index (χ1v) is 4.00. The summed E-state index contributed by atoms with van der Waals surface area (Å²) in [7, 11) is 0. The highest BCUT2D eigenvalue weighted by molar-refractivity contribution is 5.42. The Balaban J connectivity index is 1.98. The van der Waals surface area contributed by atoms with Crippen molar-refractivity contribution in [3.63, 3.8) is 0 Å². The summed E-state index contributed by atoms with van der Waals surface area (Å²) in [6, 6.07) is 7.88. The van der Waals surface area contributed by atoms with Crippen molar-refractivity contribution in [1.29, 1.82) is 0 Å². The predicted molar refractivity (Wildman–Crippen MR) is 41.6 cm³/mol. The lowest BCUT2D eigenvalue weighted by Gasteiger charge is -2.29. The molecule has 1 aliphatic heterocycles. The third kappa shape index (κ3) is 0.636. The van der Waals surface area contributed by atoms with Crippen molar-refractivity contribution in [3.8, 4) is 0 Å². The molecule has 0 saturated heterocycles. The highest BCUT2D eigenvalue weighted by Crippen LogP contribution is 2.51. The molecule has 1 unspecified atom stereocenters. The van der Waals surface area contributed by atoms with Crippen LogP contribution < -0.4 is 0 Å². The van der Waals surface area contributed by atoms with E-state index in [2.05, 4.69) is 10.2 Å². The van der Waals surface area contributed by atoms with Crippen molar-refractivity contribution in [3.05, 3.63) is 35.4 Å². The molecule has 3 heteroatoms. The summed E-state index contributed by atoms with van der Waals surface area (Å²) in [5.74, 6) is -1.66. The van der Waals surface area contributed by atoms with Gasteiger partial charge in [-0.3, -0.25) is 0 Å². The Bertz CT molecular complexity index is 367. The molecule has 60 valence electrons. The summed E-state index contributed by atoms with van der Waals surface area (Å²) in [4.78, 5) is 0. The van der Waals surface area contributed by atoms with Gasteiger partial charge in [0.2, 0.25) is 0 Å². The van der Waals surface area contributed by atoms with Crippen molar-refractivity contribution in [2.45, 2.75) is 18.3 Å². The van der Waals surface area contributed by atoms with E-state index in [-0.39, 0.29) is 5.92 Å². The lowest BCUT2D eigenvalue weighted by atomic mass is 9.76. The Morgan fingerprint density at radius 2 is 2.08 bits per heavy atom. The second-order valence-corrected chi connectivity index (χ2v) is 3.29. The molecule has 1 aromatic rings. The van der Waals surface area contributed by atoms with Crippen LogP contribution in [0.5, 0.6) is 0 Å². The minimum Gasteiger partial charge on any atom is -0.186 e. The maximum absolute atomic E-state index is 13.3. The quantitative estimate of drug-likeness (QED) is 0.566. The molecule has 0 amide bonds. The predicted octanol–water partition coefficient (Wildman–Crippen LogP) is 2.42. The number of benzene rings is 1. The number of nitrogens with zero attached hydrogens (tertiary/aromatic N) is 2. The summed E-state index contributed by atoms with van der Waals surface area (Å²) < 4.78 is 13.3. The zero-order valence-electron chi connectivity index (χ0n) is 6.37. The highest BCUT2D eigenvalue weighted by Gasteiger charge is 2.53. The molecule has 0 N–H and O–H groups in total. The molecule has 3 rings (SSSR count). The summed E-state index contributed by atoms with van der Waals surface area (Å²) in [5.41, 5.74) is 2.31. The molecule has 0 fully saturated rings. The van der Waals surface area contributed by atoms with Crippen molar-refractivity contribution in [2.24, 2.45) is 10.2 Å². The third-order valence-corrected chi connectivity index (χ3v) is 2.59. The molecule has 1 aromatic carbocycles. The van der Waals surface area contributed by atoms with Gasteiger partial charge in [-0.25, -0.2) is 0 Å². The molecular weight excluding hydrogens is 155 g/mol. The number of hydrogen-bond donors (Lipinski definition) is 0.